The van der Waals surface area contributed by atoms with Gasteiger partial charge in [-0.25, -0.2) is 5.48 Å². The fraction of sp³-hybridized carbons (Fsp3) is 0.222. The van der Waals surface area contributed by atoms with Gasteiger partial charge in [0.05, 0.1) is 4.92 Å². The number of alkyl halides is 3. The van der Waals surface area contributed by atoms with Gasteiger partial charge in [-0.2, -0.15) is 13.2 Å². The Morgan fingerprint density at radius 1 is 1.42 bits per heavy atom. The van der Waals surface area contributed by atoms with Crippen LogP contribution in [0.3, 0.4) is 0 Å². The Balaban J connectivity index is 2.74. The molecule has 0 atom stereocenters. The zero-order valence-corrected chi connectivity index (χ0v) is 10.6. The normalized spacial score (nSPS) is 11.2. The van der Waals surface area contributed by atoms with Gasteiger partial charge in [0.25, 0.3) is 11.6 Å². The van der Waals surface area contributed by atoms with E-state index in [0.717, 1.165) is 12.1 Å². The van der Waals surface area contributed by atoms with Crippen molar-refractivity contribution in [3.63, 3.8) is 0 Å². The number of halogens is 4. The first-order valence-corrected chi connectivity index (χ1v) is 5.42. The van der Waals surface area contributed by atoms with Gasteiger partial charge in [-0.15, -0.1) is 0 Å². The molecule has 0 fully saturated rings. The van der Waals surface area contributed by atoms with Crippen LogP contribution in [0.5, 0.6) is 0 Å². The predicted octanol–water partition coefficient (Wildman–Crippen LogP) is 2.58. The number of amides is 1. The molecule has 104 valence electrons. The van der Waals surface area contributed by atoms with Crippen LogP contribution in [0.1, 0.15) is 10.4 Å². The van der Waals surface area contributed by atoms with Crippen LogP contribution in [-0.2, 0) is 4.84 Å². The lowest BCUT2D eigenvalue weighted by molar-refractivity contribution is -0.385. The van der Waals surface area contributed by atoms with Crippen LogP contribution in [0, 0.1) is 10.1 Å². The highest BCUT2D eigenvalue weighted by molar-refractivity contribution is 9.10. The maximum absolute atomic E-state index is 11.8. The lowest BCUT2D eigenvalue weighted by atomic mass is 10.2. The molecule has 1 aromatic carbocycles. The Kier molecular flexibility index (Phi) is 4.84. The molecular formula is C9H6BrF3N2O4. The van der Waals surface area contributed by atoms with Gasteiger partial charge in [-0.1, -0.05) is 15.9 Å². The van der Waals surface area contributed by atoms with Gasteiger partial charge in [0.15, 0.2) is 6.61 Å². The number of nitro groups is 1. The number of hydrogen-bond acceptors (Lipinski definition) is 4. The van der Waals surface area contributed by atoms with Gasteiger partial charge >= 0.3 is 6.18 Å². The summed E-state index contributed by atoms with van der Waals surface area (Å²) < 4.78 is 35.5. The molecule has 1 N–H and O–H groups in total. The summed E-state index contributed by atoms with van der Waals surface area (Å²) in [7, 11) is 0. The smallest absolute Gasteiger partial charge is 0.267 e. The molecule has 19 heavy (non-hydrogen) atoms. The minimum absolute atomic E-state index is 0.205. The van der Waals surface area contributed by atoms with Crippen LogP contribution < -0.4 is 5.48 Å². The molecule has 0 heterocycles. The molecule has 0 spiro atoms. The Labute approximate surface area is 112 Å². The molecule has 0 radical (unpaired) electrons. The van der Waals surface area contributed by atoms with Crippen LogP contribution in [0.15, 0.2) is 22.7 Å². The maximum Gasteiger partial charge on any atom is 0.414 e. The molecule has 1 aromatic rings. The van der Waals surface area contributed by atoms with Crippen molar-refractivity contribution in [1.82, 2.24) is 5.48 Å². The van der Waals surface area contributed by atoms with Gasteiger partial charge in [0.2, 0.25) is 0 Å². The summed E-state index contributed by atoms with van der Waals surface area (Å²) in [6.07, 6.45) is -4.59. The zero-order valence-electron chi connectivity index (χ0n) is 9.03. The molecule has 1 rings (SSSR count). The van der Waals surface area contributed by atoms with Crippen LogP contribution in [0.25, 0.3) is 0 Å². The van der Waals surface area contributed by atoms with Gasteiger partial charge < -0.3 is 0 Å². The Morgan fingerprint density at radius 2 is 2.05 bits per heavy atom. The Hall–Kier alpha value is -1.68. The fourth-order valence-corrected chi connectivity index (χ4v) is 1.53. The number of nitro benzene ring substituents is 1. The van der Waals surface area contributed by atoms with E-state index in [-0.39, 0.29) is 15.7 Å². The number of nitrogens with zero attached hydrogens (tertiary/aromatic N) is 1. The number of non-ortho nitro benzene ring substituents is 1. The van der Waals surface area contributed by atoms with E-state index in [1.807, 2.05) is 0 Å². The highest BCUT2D eigenvalue weighted by Crippen LogP contribution is 2.21. The molecule has 1 amide bonds. The minimum Gasteiger partial charge on any atom is -0.267 e. The molecule has 0 saturated carbocycles. The average Bonchev–Trinajstić information content (AvgIpc) is 2.26. The summed E-state index contributed by atoms with van der Waals surface area (Å²) in [4.78, 5) is 25.2. The largest absolute Gasteiger partial charge is 0.414 e. The third-order valence-corrected chi connectivity index (χ3v) is 2.21. The van der Waals surface area contributed by atoms with Gasteiger partial charge in [-0.3, -0.25) is 19.7 Å². The maximum atomic E-state index is 11.8. The summed E-state index contributed by atoms with van der Waals surface area (Å²) in [5.74, 6) is -1.02. The number of nitrogens with one attached hydrogen (secondary N) is 1. The third-order valence-electron chi connectivity index (χ3n) is 1.76. The molecule has 0 aromatic heterocycles. The van der Waals surface area contributed by atoms with E-state index in [2.05, 4.69) is 20.8 Å². The molecular weight excluding hydrogens is 337 g/mol. The highest BCUT2D eigenvalue weighted by atomic mass is 79.9. The van der Waals surface area contributed by atoms with Crippen molar-refractivity contribution in [3.05, 3.63) is 38.3 Å². The molecule has 10 heteroatoms. The number of carbonyl (C=O) groups is 1. The standard InChI is InChI=1S/C9H6BrF3N2O4/c10-6-1-5(2-7(3-6)15(17)18)8(16)14-19-4-9(11,12)13/h1-3H,4H2,(H,14,16). The number of benzene rings is 1. The molecule has 0 saturated heterocycles. The average molecular weight is 343 g/mol. The summed E-state index contributed by atoms with van der Waals surface area (Å²) in [5, 5.41) is 10.5. The van der Waals surface area contributed by atoms with Crippen molar-refractivity contribution in [3.8, 4) is 0 Å². The van der Waals surface area contributed by atoms with Crippen molar-refractivity contribution >= 4 is 27.5 Å². The Morgan fingerprint density at radius 3 is 2.58 bits per heavy atom. The second kappa shape index (κ2) is 5.97. The van der Waals surface area contributed by atoms with Crippen molar-refractivity contribution in [2.75, 3.05) is 6.61 Å². The lowest BCUT2D eigenvalue weighted by Crippen LogP contribution is -2.29. The fourth-order valence-electron chi connectivity index (χ4n) is 1.05. The quantitative estimate of drug-likeness (QED) is 0.673. The topological polar surface area (TPSA) is 81.5 Å². The molecule has 0 aliphatic heterocycles. The van der Waals surface area contributed by atoms with Gasteiger partial charge in [0.1, 0.15) is 0 Å². The van der Waals surface area contributed by atoms with Crippen LogP contribution in [0.4, 0.5) is 18.9 Å². The van der Waals surface area contributed by atoms with Crippen LogP contribution in [0.2, 0.25) is 0 Å². The molecule has 0 aliphatic carbocycles. The molecule has 6 nitrogen and oxygen atoms in total. The second-order valence-electron chi connectivity index (χ2n) is 3.29. The van der Waals surface area contributed by atoms with Crippen LogP contribution in [-0.4, -0.2) is 23.6 Å². The van der Waals surface area contributed by atoms with E-state index in [1.54, 1.807) is 5.48 Å². The number of carbonyl (C=O) groups excluding carboxylic acids is 1. The van der Waals surface area contributed by atoms with E-state index < -0.39 is 23.6 Å². The molecule has 0 aliphatic rings. The SMILES string of the molecule is O=C(NOCC(F)(F)F)c1cc(Br)cc([N+](=O)[O-])c1. The van der Waals surface area contributed by atoms with E-state index in [0.29, 0.717) is 0 Å². The summed E-state index contributed by atoms with van der Waals surface area (Å²) in [5.41, 5.74) is 0.962. The number of hydrogen-bond donors (Lipinski definition) is 1. The van der Waals surface area contributed by atoms with Gasteiger partial charge in [0, 0.05) is 22.2 Å². The predicted molar refractivity (Wildman–Crippen MR) is 60.3 cm³/mol. The first-order chi connectivity index (χ1) is 8.69. The Bertz CT molecular complexity index is 507. The zero-order chi connectivity index (χ0) is 14.6. The summed E-state index contributed by atoms with van der Waals surface area (Å²) in [6, 6.07) is 3.27. The second-order valence-corrected chi connectivity index (χ2v) is 4.21. The summed E-state index contributed by atoms with van der Waals surface area (Å²) in [6.45, 7) is -1.66. The van der Waals surface area contributed by atoms with Crippen molar-refractivity contribution in [2.45, 2.75) is 6.18 Å². The lowest BCUT2D eigenvalue weighted by Gasteiger charge is -2.08. The van der Waals surface area contributed by atoms with Gasteiger partial charge in [-0.05, 0) is 6.07 Å². The van der Waals surface area contributed by atoms with E-state index in [9.17, 15) is 28.1 Å². The molecule has 0 unspecified atom stereocenters. The third kappa shape index (κ3) is 5.22. The number of rotatable bonds is 4. The van der Waals surface area contributed by atoms with E-state index >= 15 is 0 Å². The first kappa shape index (κ1) is 15.4. The van der Waals surface area contributed by atoms with Crippen molar-refractivity contribution in [2.24, 2.45) is 0 Å². The monoisotopic (exact) mass is 342 g/mol. The van der Waals surface area contributed by atoms with Crippen LogP contribution >= 0.6 is 15.9 Å². The molecule has 0 bridgehead atoms. The van der Waals surface area contributed by atoms with Crippen molar-refractivity contribution < 1.29 is 27.7 Å². The van der Waals surface area contributed by atoms with Crippen molar-refractivity contribution in [1.29, 1.82) is 0 Å². The number of hydroxylamine groups is 1. The highest BCUT2D eigenvalue weighted by Gasteiger charge is 2.28. The summed E-state index contributed by atoms with van der Waals surface area (Å²) >= 11 is 2.94. The minimum atomic E-state index is -4.59. The van der Waals surface area contributed by atoms with E-state index in [4.69, 9.17) is 0 Å². The van der Waals surface area contributed by atoms with E-state index in [1.165, 1.54) is 6.07 Å². The first-order valence-electron chi connectivity index (χ1n) is 4.63.